The molecule has 0 N–H and O–H groups in total. The van der Waals surface area contributed by atoms with Crippen LogP contribution in [0.25, 0.3) is 0 Å². The van der Waals surface area contributed by atoms with Gasteiger partial charge in [-0.25, -0.2) is 0 Å². The van der Waals surface area contributed by atoms with Crippen molar-refractivity contribution >= 4 is 22.5 Å². The minimum absolute atomic E-state index is 0.149. The number of halogens is 2. The van der Waals surface area contributed by atoms with Crippen molar-refractivity contribution in [2.24, 2.45) is 0 Å². The molecule has 120 valence electrons. The minimum atomic E-state index is -3.61. The summed E-state index contributed by atoms with van der Waals surface area (Å²) in [6.45, 7) is 3.71. The molecule has 0 aliphatic rings. The normalized spacial score (nSPS) is 11.3. The quantitative estimate of drug-likeness (QED) is 0.690. The standard InChI is InChI=1S/C18H18F2GeO2/c1-3-21(4-2,17(22)13-5-9-15(19)10-6-13)18(23)14-7-11-16(20)12-8-14/h5-12H,3-4H2,1-2H3. The molecular formula is C18H18F2GeO2. The monoisotopic (exact) mass is 378 g/mol. The maximum absolute atomic E-state index is 13.1. The van der Waals surface area contributed by atoms with Crippen LogP contribution in [0.3, 0.4) is 0 Å². The molecule has 0 aliphatic heterocycles. The number of hydrogen-bond donors (Lipinski definition) is 0. The summed E-state index contributed by atoms with van der Waals surface area (Å²) >= 11 is -3.61. The van der Waals surface area contributed by atoms with Crippen LogP contribution >= 0.6 is 0 Å². The second-order valence-electron chi connectivity index (χ2n) is 5.46. The van der Waals surface area contributed by atoms with Crippen molar-refractivity contribution in [2.75, 3.05) is 0 Å². The van der Waals surface area contributed by atoms with Crippen molar-refractivity contribution < 1.29 is 18.4 Å². The molecule has 23 heavy (non-hydrogen) atoms. The molecule has 0 atom stereocenters. The van der Waals surface area contributed by atoms with E-state index in [-0.39, 0.29) is 9.23 Å². The Labute approximate surface area is 136 Å². The van der Waals surface area contributed by atoms with E-state index in [9.17, 15) is 18.4 Å². The van der Waals surface area contributed by atoms with Gasteiger partial charge in [0.15, 0.2) is 0 Å². The molecule has 2 aromatic rings. The van der Waals surface area contributed by atoms with E-state index in [0.717, 1.165) is 0 Å². The molecule has 2 aromatic carbocycles. The number of rotatable bonds is 6. The fraction of sp³-hybridized carbons (Fsp3) is 0.222. The summed E-state index contributed by atoms with van der Waals surface area (Å²) in [6.07, 6.45) is 0. The molecule has 5 heteroatoms. The summed E-state index contributed by atoms with van der Waals surface area (Å²) in [5, 5.41) is 1.01. The van der Waals surface area contributed by atoms with E-state index in [1.54, 1.807) is 0 Å². The van der Waals surface area contributed by atoms with E-state index in [4.69, 9.17) is 0 Å². The van der Waals surface area contributed by atoms with Crippen LogP contribution in [0.5, 0.6) is 0 Å². The Balaban J connectivity index is 2.45. The predicted molar refractivity (Wildman–Crippen MR) is 88.2 cm³/mol. The van der Waals surface area contributed by atoms with Gasteiger partial charge in [0.1, 0.15) is 0 Å². The van der Waals surface area contributed by atoms with Crippen LogP contribution in [0.1, 0.15) is 34.6 Å². The molecule has 0 radical (unpaired) electrons. The van der Waals surface area contributed by atoms with E-state index < -0.39 is 24.9 Å². The van der Waals surface area contributed by atoms with Gasteiger partial charge in [-0.15, -0.1) is 0 Å². The number of hydrogen-bond acceptors (Lipinski definition) is 2. The van der Waals surface area contributed by atoms with Gasteiger partial charge in [-0.2, -0.15) is 0 Å². The molecule has 0 aromatic heterocycles. The second-order valence-corrected chi connectivity index (χ2v) is 14.9. The van der Waals surface area contributed by atoms with Crippen LogP contribution in [-0.4, -0.2) is 22.5 Å². The molecule has 0 bridgehead atoms. The molecule has 0 heterocycles. The molecule has 0 saturated heterocycles. The zero-order valence-corrected chi connectivity index (χ0v) is 15.2. The van der Waals surface area contributed by atoms with Gasteiger partial charge in [0.05, 0.1) is 0 Å². The van der Waals surface area contributed by atoms with Crippen LogP contribution in [-0.2, 0) is 0 Å². The molecule has 0 spiro atoms. The predicted octanol–water partition coefficient (Wildman–Crippen LogP) is 4.60. The van der Waals surface area contributed by atoms with Crippen LogP contribution in [0.2, 0.25) is 10.5 Å². The summed E-state index contributed by atoms with van der Waals surface area (Å²) in [5.74, 6) is -0.838. The molecule has 0 amide bonds. The van der Waals surface area contributed by atoms with E-state index in [0.29, 0.717) is 21.6 Å². The zero-order valence-electron chi connectivity index (χ0n) is 13.1. The summed E-state index contributed by atoms with van der Waals surface area (Å²) in [6, 6.07) is 10.6. The Bertz CT molecular complexity index is 645. The Morgan fingerprint density at radius 3 is 1.30 bits per heavy atom. The fourth-order valence-corrected chi connectivity index (χ4v) is 9.95. The molecule has 0 unspecified atom stereocenters. The SMILES string of the molecule is C[CH2][Ge]([CH2]C)([C](=O)c1ccc(F)cc1)[C](=O)c1ccc(F)cc1. The average molecular weight is 377 g/mol. The first-order valence-corrected chi connectivity index (χ1v) is 12.6. The van der Waals surface area contributed by atoms with Gasteiger partial charge in [0.2, 0.25) is 0 Å². The van der Waals surface area contributed by atoms with Crippen molar-refractivity contribution in [3.63, 3.8) is 0 Å². The van der Waals surface area contributed by atoms with E-state index in [2.05, 4.69) is 0 Å². The van der Waals surface area contributed by atoms with E-state index >= 15 is 0 Å². The van der Waals surface area contributed by atoms with Gasteiger partial charge in [-0.3, -0.25) is 0 Å². The van der Waals surface area contributed by atoms with Crippen molar-refractivity contribution in [1.82, 2.24) is 0 Å². The van der Waals surface area contributed by atoms with Crippen molar-refractivity contribution in [1.29, 1.82) is 0 Å². The second kappa shape index (κ2) is 7.17. The molecule has 2 nitrogen and oxygen atoms in total. The topological polar surface area (TPSA) is 34.1 Å². The Morgan fingerprint density at radius 1 is 0.739 bits per heavy atom. The maximum atomic E-state index is 13.1. The fourth-order valence-electron chi connectivity index (χ4n) is 2.75. The summed E-state index contributed by atoms with van der Waals surface area (Å²) < 4.78 is 25.8. The first-order chi connectivity index (χ1) is 10.9. The first kappa shape index (κ1) is 17.5. The Kier molecular flexibility index (Phi) is 5.47. The van der Waals surface area contributed by atoms with Crippen molar-refractivity contribution in [2.45, 2.75) is 24.4 Å². The summed E-state index contributed by atoms with van der Waals surface area (Å²) in [5.41, 5.74) is 0.760. The van der Waals surface area contributed by atoms with Gasteiger partial charge in [0.25, 0.3) is 0 Å². The third-order valence-electron chi connectivity index (χ3n) is 4.29. The molecule has 0 aliphatic carbocycles. The van der Waals surface area contributed by atoms with Gasteiger partial charge < -0.3 is 0 Å². The third-order valence-corrected chi connectivity index (χ3v) is 14.2. The van der Waals surface area contributed by atoms with Gasteiger partial charge in [-0.05, 0) is 0 Å². The average Bonchev–Trinajstić information content (AvgIpc) is 2.57. The summed E-state index contributed by atoms with van der Waals surface area (Å²) in [7, 11) is 0. The molecule has 0 saturated carbocycles. The molecule has 0 fully saturated rings. The van der Waals surface area contributed by atoms with Crippen LogP contribution in [0.15, 0.2) is 48.5 Å². The Hall–Kier alpha value is -1.82. The van der Waals surface area contributed by atoms with Gasteiger partial charge >= 0.3 is 137 Å². The van der Waals surface area contributed by atoms with E-state index in [1.807, 2.05) is 13.8 Å². The zero-order chi connectivity index (χ0) is 17.0. The van der Waals surface area contributed by atoms with Crippen molar-refractivity contribution in [3.8, 4) is 0 Å². The van der Waals surface area contributed by atoms with Crippen LogP contribution in [0, 0.1) is 11.6 Å². The van der Waals surface area contributed by atoms with Crippen LogP contribution in [0.4, 0.5) is 8.78 Å². The van der Waals surface area contributed by atoms with Gasteiger partial charge in [0, 0.05) is 0 Å². The van der Waals surface area contributed by atoms with Crippen LogP contribution < -0.4 is 0 Å². The third kappa shape index (κ3) is 3.42. The van der Waals surface area contributed by atoms with Gasteiger partial charge in [-0.1, -0.05) is 0 Å². The Morgan fingerprint density at radius 2 is 1.04 bits per heavy atom. The summed E-state index contributed by atoms with van der Waals surface area (Å²) in [4.78, 5) is 26.0. The molecule has 2 rings (SSSR count). The number of benzene rings is 2. The van der Waals surface area contributed by atoms with Crippen molar-refractivity contribution in [3.05, 3.63) is 71.3 Å². The number of carbonyl (C=O) groups excluding carboxylic acids is 2. The first-order valence-electron chi connectivity index (χ1n) is 7.55. The van der Waals surface area contributed by atoms with E-state index in [1.165, 1.54) is 48.5 Å². The molecular weight excluding hydrogens is 359 g/mol. The number of carbonyl (C=O) groups is 2.